The van der Waals surface area contributed by atoms with Crippen LogP contribution in [0.15, 0.2) is 42.9 Å². The van der Waals surface area contributed by atoms with Gasteiger partial charge < -0.3 is 0 Å². The van der Waals surface area contributed by atoms with Crippen LogP contribution in [0.3, 0.4) is 0 Å². The molecule has 0 saturated carbocycles. The third kappa shape index (κ3) is 2.55. The number of aromatic nitrogens is 4. The van der Waals surface area contributed by atoms with Crippen molar-refractivity contribution < 1.29 is 17.7 Å². The second-order valence-electron chi connectivity index (χ2n) is 7.13. The van der Waals surface area contributed by atoms with Crippen LogP contribution in [-0.2, 0) is 13.2 Å². The molecule has 5 aromatic rings. The quantitative estimate of drug-likeness (QED) is 0.353. The zero-order chi connectivity index (χ0) is 20.5. The van der Waals surface area contributed by atoms with E-state index in [2.05, 4.69) is 22.2 Å². The van der Waals surface area contributed by atoms with E-state index in [0.29, 0.717) is 9.66 Å². The lowest BCUT2D eigenvalue weighted by Gasteiger charge is -2.13. The fraction of sp³-hybridized carbons (Fsp3) is 0.190. The van der Waals surface area contributed by atoms with Gasteiger partial charge in [0, 0.05) is 0 Å². The highest BCUT2D eigenvalue weighted by atomic mass is 32.1. The molecule has 0 aliphatic carbocycles. The standard InChI is InChI=1S/C21H16F3N4S/c1-11-12(2)15(8-13-6-4-5-7-14(11)13)17-19-18(28-20(29-19)25-10-26-28)16(9-27(17)3)21(22,23)24/h4-10H,1-3H3/q+1. The van der Waals surface area contributed by atoms with Crippen molar-refractivity contribution in [1.82, 2.24) is 14.6 Å². The molecule has 0 unspecified atom stereocenters. The van der Waals surface area contributed by atoms with Crippen LogP contribution < -0.4 is 4.57 Å². The lowest BCUT2D eigenvalue weighted by molar-refractivity contribution is -0.660. The van der Waals surface area contributed by atoms with E-state index in [9.17, 15) is 13.2 Å². The molecular weight excluding hydrogens is 397 g/mol. The summed E-state index contributed by atoms with van der Waals surface area (Å²) in [5.74, 6) is 0. The summed E-state index contributed by atoms with van der Waals surface area (Å²) in [4.78, 5) is 4.57. The van der Waals surface area contributed by atoms with Gasteiger partial charge in [0.25, 0.3) is 0 Å². The van der Waals surface area contributed by atoms with Crippen molar-refractivity contribution in [1.29, 1.82) is 0 Å². The Bertz CT molecular complexity index is 1430. The summed E-state index contributed by atoms with van der Waals surface area (Å²) >= 11 is 1.22. The normalized spacial score (nSPS) is 12.5. The molecule has 0 aliphatic rings. The Morgan fingerprint density at radius 3 is 2.62 bits per heavy atom. The van der Waals surface area contributed by atoms with Crippen molar-refractivity contribution in [3.8, 4) is 11.3 Å². The van der Waals surface area contributed by atoms with Gasteiger partial charge >= 0.3 is 6.18 Å². The first-order valence-corrected chi connectivity index (χ1v) is 9.80. The number of pyridine rings is 1. The summed E-state index contributed by atoms with van der Waals surface area (Å²) in [7, 11) is 1.66. The number of hydrogen-bond donors (Lipinski definition) is 0. The Morgan fingerprint density at radius 1 is 1.10 bits per heavy atom. The molecule has 8 heteroatoms. The lowest BCUT2D eigenvalue weighted by Crippen LogP contribution is -2.33. The van der Waals surface area contributed by atoms with Crippen molar-refractivity contribution >= 4 is 37.3 Å². The SMILES string of the molecule is Cc1c(-c2c3sc4ncnn4c3c(C(F)(F)F)c[n+]2C)cc2ccccc2c1C. The monoisotopic (exact) mass is 413 g/mol. The molecule has 3 heterocycles. The highest BCUT2D eigenvalue weighted by molar-refractivity contribution is 7.24. The average Bonchev–Trinajstić information content (AvgIpc) is 3.25. The molecule has 0 atom stereocenters. The summed E-state index contributed by atoms with van der Waals surface area (Å²) in [6.07, 6.45) is -2.07. The second-order valence-corrected chi connectivity index (χ2v) is 8.11. The highest BCUT2D eigenvalue weighted by Crippen LogP contribution is 2.41. The maximum Gasteiger partial charge on any atom is 0.424 e. The van der Waals surface area contributed by atoms with E-state index in [1.54, 1.807) is 11.6 Å². The minimum Gasteiger partial charge on any atom is -0.206 e. The topological polar surface area (TPSA) is 34.1 Å². The van der Waals surface area contributed by atoms with E-state index in [-0.39, 0.29) is 5.52 Å². The highest BCUT2D eigenvalue weighted by Gasteiger charge is 2.39. The smallest absolute Gasteiger partial charge is 0.206 e. The van der Waals surface area contributed by atoms with Gasteiger partial charge in [0.2, 0.25) is 10.7 Å². The van der Waals surface area contributed by atoms with E-state index >= 15 is 0 Å². The summed E-state index contributed by atoms with van der Waals surface area (Å²) in [6, 6.07) is 10.1. The lowest BCUT2D eigenvalue weighted by atomic mass is 9.93. The first-order valence-electron chi connectivity index (χ1n) is 8.98. The molecule has 29 heavy (non-hydrogen) atoms. The van der Waals surface area contributed by atoms with Crippen molar-refractivity contribution in [2.45, 2.75) is 20.0 Å². The summed E-state index contributed by atoms with van der Waals surface area (Å²) in [5, 5.41) is 6.24. The van der Waals surface area contributed by atoms with Gasteiger partial charge in [0.1, 0.15) is 29.2 Å². The van der Waals surface area contributed by atoms with Crippen molar-refractivity contribution in [3.63, 3.8) is 0 Å². The Kier molecular flexibility index (Phi) is 3.73. The van der Waals surface area contributed by atoms with Crippen LogP contribution in [-0.4, -0.2) is 14.6 Å². The van der Waals surface area contributed by atoms with Crippen LogP contribution in [0.4, 0.5) is 13.2 Å². The van der Waals surface area contributed by atoms with E-state index in [1.807, 2.05) is 32.0 Å². The van der Waals surface area contributed by atoms with Gasteiger partial charge in [-0.3, -0.25) is 0 Å². The number of alkyl halides is 3. The van der Waals surface area contributed by atoms with Crippen LogP contribution in [0.2, 0.25) is 0 Å². The molecule has 3 aromatic heterocycles. The Balaban J connectivity index is 1.96. The zero-order valence-corrected chi connectivity index (χ0v) is 16.7. The number of rotatable bonds is 1. The van der Waals surface area contributed by atoms with Crippen LogP contribution in [0.1, 0.15) is 16.7 Å². The number of thiazole rings is 1. The van der Waals surface area contributed by atoms with Gasteiger partial charge in [-0.1, -0.05) is 35.6 Å². The van der Waals surface area contributed by atoms with E-state index in [4.69, 9.17) is 0 Å². The molecule has 0 fully saturated rings. The van der Waals surface area contributed by atoms with Gasteiger partial charge in [-0.25, -0.2) is 9.50 Å². The molecule has 5 rings (SSSR count). The largest absolute Gasteiger partial charge is 0.424 e. The minimum atomic E-state index is -4.50. The van der Waals surface area contributed by atoms with E-state index in [1.165, 1.54) is 22.2 Å². The van der Waals surface area contributed by atoms with Crippen LogP contribution in [0, 0.1) is 13.8 Å². The molecule has 0 bridgehead atoms. The predicted molar refractivity (Wildman–Crippen MR) is 107 cm³/mol. The maximum absolute atomic E-state index is 13.8. The first kappa shape index (κ1) is 18.1. The third-order valence-electron chi connectivity index (χ3n) is 5.47. The van der Waals surface area contributed by atoms with Gasteiger partial charge in [0.05, 0.1) is 5.56 Å². The number of fused-ring (bicyclic) bond motifs is 4. The number of hydrogen-bond acceptors (Lipinski definition) is 3. The summed E-state index contributed by atoms with van der Waals surface area (Å²) < 4.78 is 44.9. The van der Waals surface area contributed by atoms with Crippen LogP contribution in [0.5, 0.6) is 0 Å². The number of benzene rings is 2. The molecule has 2 aromatic carbocycles. The van der Waals surface area contributed by atoms with Gasteiger partial charge in [0.15, 0.2) is 6.20 Å². The molecule has 0 saturated heterocycles. The molecule has 0 aliphatic heterocycles. The average molecular weight is 413 g/mol. The van der Waals surface area contributed by atoms with E-state index in [0.717, 1.165) is 39.4 Å². The minimum absolute atomic E-state index is 0.0494. The molecule has 0 N–H and O–H groups in total. The third-order valence-corrected chi connectivity index (χ3v) is 6.53. The Hall–Kier alpha value is -3.00. The van der Waals surface area contributed by atoms with E-state index < -0.39 is 11.7 Å². The van der Waals surface area contributed by atoms with Crippen molar-refractivity contribution in [2.75, 3.05) is 0 Å². The zero-order valence-electron chi connectivity index (χ0n) is 15.9. The number of halogens is 3. The molecule has 0 radical (unpaired) electrons. The number of nitrogens with zero attached hydrogens (tertiary/aromatic N) is 4. The first-order chi connectivity index (χ1) is 13.8. The predicted octanol–water partition coefficient (Wildman–Crippen LogP) is 5.22. The van der Waals surface area contributed by atoms with Crippen molar-refractivity contribution in [2.24, 2.45) is 7.05 Å². The van der Waals surface area contributed by atoms with Gasteiger partial charge in [-0.05, 0) is 41.8 Å². The Morgan fingerprint density at radius 2 is 1.86 bits per heavy atom. The molecular formula is C21H16F3N4S+. The maximum atomic E-state index is 13.8. The van der Waals surface area contributed by atoms with Crippen LogP contribution >= 0.6 is 11.3 Å². The summed E-state index contributed by atoms with van der Waals surface area (Å²) in [6.45, 7) is 4.06. The van der Waals surface area contributed by atoms with Crippen LogP contribution in [0.25, 0.3) is 37.2 Å². The second kappa shape index (κ2) is 6.00. The number of aryl methyl sites for hydroxylation is 2. The summed E-state index contributed by atoms with van der Waals surface area (Å²) in [5.41, 5.74) is 3.13. The van der Waals surface area contributed by atoms with Crippen molar-refractivity contribution in [3.05, 3.63) is 59.5 Å². The fourth-order valence-electron chi connectivity index (χ4n) is 3.96. The molecule has 0 spiro atoms. The van der Waals surface area contributed by atoms with Gasteiger partial charge in [-0.15, -0.1) is 0 Å². The van der Waals surface area contributed by atoms with Gasteiger partial charge in [-0.2, -0.15) is 22.8 Å². The molecule has 146 valence electrons. The molecule has 0 amide bonds. The fourth-order valence-corrected chi connectivity index (χ4v) is 5.12. The Labute approximate surface area is 167 Å². The molecule has 4 nitrogen and oxygen atoms in total.